The Morgan fingerprint density at radius 3 is 2.71 bits per heavy atom. The van der Waals surface area contributed by atoms with Gasteiger partial charge in [0.2, 0.25) is 10.0 Å². The number of nitrogens with zero attached hydrogens (tertiary/aromatic N) is 1. The molecule has 2 aliphatic rings. The van der Waals surface area contributed by atoms with Crippen LogP contribution in [-0.4, -0.2) is 38.5 Å². The molecule has 1 N–H and O–H groups in total. The van der Waals surface area contributed by atoms with Gasteiger partial charge >= 0.3 is 0 Å². The number of hydrogen-bond donors (Lipinski definition) is 1. The second-order valence-corrected chi connectivity index (χ2v) is 7.37. The van der Waals surface area contributed by atoms with Crippen LogP contribution in [0.2, 0.25) is 0 Å². The Morgan fingerprint density at radius 2 is 1.95 bits per heavy atom. The van der Waals surface area contributed by atoms with Crippen molar-refractivity contribution in [3.8, 4) is 0 Å². The number of nitrogens with one attached hydrogen (secondary N) is 1. The van der Waals surface area contributed by atoms with Gasteiger partial charge in [-0.25, -0.2) is 21.9 Å². The predicted octanol–water partition coefficient (Wildman–Crippen LogP) is 1.87. The van der Waals surface area contributed by atoms with E-state index in [9.17, 15) is 17.2 Å². The Kier molecular flexibility index (Phi) is 3.98. The Labute approximate surface area is 123 Å². The maximum absolute atomic E-state index is 13.7. The predicted molar refractivity (Wildman–Crippen MR) is 74.3 cm³/mol. The minimum atomic E-state index is -3.96. The molecule has 0 radical (unpaired) electrons. The van der Waals surface area contributed by atoms with Crippen molar-refractivity contribution in [2.45, 2.75) is 42.7 Å². The zero-order valence-corrected chi connectivity index (χ0v) is 12.4. The van der Waals surface area contributed by atoms with E-state index in [1.54, 1.807) is 0 Å². The van der Waals surface area contributed by atoms with E-state index in [-0.39, 0.29) is 12.1 Å². The lowest BCUT2D eigenvalue weighted by Gasteiger charge is -2.32. The summed E-state index contributed by atoms with van der Waals surface area (Å²) in [4.78, 5) is 1.80. The summed E-state index contributed by atoms with van der Waals surface area (Å²) in [6.45, 7) is 1.86. The molecule has 2 saturated heterocycles. The van der Waals surface area contributed by atoms with Crippen molar-refractivity contribution in [3.63, 3.8) is 0 Å². The smallest absolute Gasteiger partial charge is 0.243 e. The van der Waals surface area contributed by atoms with Gasteiger partial charge in [-0.3, -0.25) is 4.90 Å². The summed E-state index contributed by atoms with van der Waals surface area (Å²) >= 11 is 0. The molecule has 2 heterocycles. The molecule has 2 fully saturated rings. The van der Waals surface area contributed by atoms with Gasteiger partial charge in [0.05, 0.1) is 0 Å². The van der Waals surface area contributed by atoms with Crippen LogP contribution in [0, 0.1) is 11.6 Å². The molecule has 0 unspecified atom stereocenters. The van der Waals surface area contributed by atoms with Crippen LogP contribution in [0.4, 0.5) is 8.78 Å². The summed E-state index contributed by atoms with van der Waals surface area (Å²) in [6, 6.07) is 2.52. The van der Waals surface area contributed by atoms with Gasteiger partial charge in [-0.2, -0.15) is 0 Å². The van der Waals surface area contributed by atoms with Crippen LogP contribution >= 0.6 is 0 Å². The van der Waals surface area contributed by atoms with Crippen molar-refractivity contribution < 1.29 is 17.2 Å². The standard InChI is InChI=1S/C14H18F2N2O2S/c15-10-4-5-14(11(16)9-10)21(19,20)17-12-6-8-18-7-2-1-3-13(12)18/h4-5,9,12-13,17H,1-3,6-8H2/t12-,13+/m1/s1. The van der Waals surface area contributed by atoms with Gasteiger partial charge in [0, 0.05) is 24.7 Å². The molecule has 4 nitrogen and oxygen atoms in total. The van der Waals surface area contributed by atoms with Crippen LogP contribution in [0.5, 0.6) is 0 Å². The number of piperidine rings is 1. The molecule has 0 amide bonds. The molecule has 1 aromatic carbocycles. The SMILES string of the molecule is O=S(=O)(N[C@@H]1CCN2CCCC[C@@H]12)c1ccc(F)cc1F. The van der Waals surface area contributed by atoms with Crippen molar-refractivity contribution in [1.82, 2.24) is 9.62 Å². The fourth-order valence-electron chi connectivity index (χ4n) is 3.34. The van der Waals surface area contributed by atoms with Crippen LogP contribution in [-0.2, 0) is 10.0 Å². The maximum Gasteiger partial charge on any atom is 0.243 e. The second kappa shape index (κ2) is 5.62. The van der Waals surface area contributed by atoms with Crippen molar-refractivity contribution in [3.05, 3.63) is 29.8 Å². The molecule has 3 rings (SSSR count). The third kappa shape index (κ3) is 2.95. The fraction of sp³-hybridized carbons (Fsp3) is 0.571. The number of rotatable bonds is 3. The van der Waals surface area contributed by atoms with Crippen LogP contribution in [0.25, 0.3) is 0 Å². The largest absolute Gasteiger partial charge is 0.299 e. The molecule has 7 heteroatoms. The summed E-state index contributed by atoms with van der Waals surface area (Å²) in [5.74, 6) is -1.84. The maximum atomic E-state index is 13.7. The highest BCUT2D eigenvalue weighted by Crippen LogP contribution is 2.28. The Morgan fingerprint density at radius 1 is 1.14 bits per heavy atom. The first-order valence-electron chi connectivity index (χ1n) is 7.19. The van der Waals surface area contributed by atoms with Gasteiger partial charge in [0.1, 0.15) is 16.5 Å². The van der Waals surface area contributed by atoms with Gasteiger partial charge in [-0.05, 0) is 37.9 Å². The summed E-state index contributed by atoms with van der Waals surface area (Å²) in [7, 11) is -3.96. The van der Waals surface area contributed by atoms with Crippen molar-refractivity contribution in [2.24, 2.45) is 0 Å². The summed E-state index contributed by atoms with van der Waals surface area (Å²) in [5, 5.41) is 0. The molecule has 2 aliphatic heterocycles. The summed E-state index contributed by atoms with van der Waals surface area (Å²) < 4.78 is 53.8. The number of benzene rings is 1. The van der Waals surface area contributed by atoms with Gasteiger partial charge in [-0.15, -0.1) is 0 Å². The molecule has 0 saturated carbocycles. The highest BCUT2D eigenvalue weighted by Gasteiger charge is 2.38. The lowest BCUT2D eigenvalue weighted by atomic mass is 10.00. The Bertz CT molecular complexity index is 636. The molecule has 116 valence electrons. The molecule has 2 atom stereocenters. The van der Waals surface area contributed by atoms with Crippen molar-refractivity contribution >= 4 is 10.0 Å². The molecule has 1 aromatic rings. The average molecular weight is 316 g/mol. The summed E-state index contributed by atoms with van der Waals surface area (Å²) in [6.07, 6.45) is 3.92. The first kappa shape index (κ1) is 14.9. The van der Waals surface area contributed by atoms with E-state index < -0.39 is 26.6 Å². The third-order valence-electron chi connectivity index (χ3n) is 4.35. The van der Waals surface area contributed by atoms with Gasteiger partial charge in [0.25, 0.3) is 0 Å². The zero-order chi connectivity index (χ0) is 15.0. The number of fused-ring (bicyclic) bond motifs is 1. The first-order chi connectivity index (χ1) is 9.97. The van der Waals surface area contributed by atoms with E-state index in [2.05, 4.69) is 9.62 Å². The van der Waals surface area contributed by atoms with E-state index in [0.717, 1.165) is 50.9 Å². The van der Waals surface area contributed by atoms with E-state index >= 15 is 0 Å². The van der Waals surface area contributed by atoms with Crippen molar-refractivity contribution in [1.29, 1.82) is 0 Å². The molecular weight excluding hydrogens is 298 g/mol. The third-order valence-corrected chi connectivity index (χ3v) is 5.87. The summed E-state index contributed by atoms with van der Waals surface area (Å²) in [5.41, 5.74) is 0. The normalized spacial score (nSPS) is 26.8. The Balaban J connectivity index is 1.80. The lowest BCUT2D eigenvalue weighted by molar-refractivity contribution is 0.186. The zero-order valence-electron chi connectivity index (χ0n) is 11.6. The van der Waals surface area contributed by atoms with Crippen LogP contribution in [0.3, 0.4) is 0 Å². The van der Waals surface area contributed by atoms with Crippen LogP contribution < -0.4 is 4.72 Å². The first-order valence-corrected chi connectivity index (χ1v) is 8.67. The highest BCUT2D eigenvalue weighted by molar-refractivity contribution is 7.89. The Hall–Kier alpha value is -1.05. The van der Waals surface area contributed by atoms with Crippen molar-refractivity contribution in [2.75, 3.05) is 13.1 Å². The molecule has 21 heavy (non-hydrogen) atoms. The van der Waals surface area contributed by atoms with Gasteiger partial charge in [0.15, 0.2) is 0 Å². The van der Waals surface area contributed by atoms with E-state index in [0.29, 0.717) is 6.07 Å². The highest BCUT2D eigenvalue weighted by atomic mass is 32.2. The molecular formula is C14H18F2N2O2S. The quantitative estimate of drug-likeness (QED) is 0.926. The van der Waals surface area contributed by atoms with Crippen LogP contribution in [0.1, 0.15) is 25.7 Å². The molecule has 0 aromatic heterocycles. The number of halogens is 2. The molecule has 0 aliphatic carbocycles. The number of hydrogen-bond acceptors (Lipinski definition) is 3. The fourth-order valence-corrected chi connectivity index (χ4v) is 4.70. The second-order valence-electron chi connectivity index (χ2n) is 5.69. The lowest BCUT2D eigenvalue weighted by Crippen LogP contribution is -2.46. The van der Waals surface area contributed by atoms with Crippen LogP contribution in [0.15, 0.2) is 23.1 Å². The average Bonchev–Trinajstić information content (AvgIpc) is 2.81. The topological polar surface area (TPSA) is 49.4 Å². The molecule has 0 spiro atoms. The monoisotopic (exact) mass is 316 g/mol. The van der Waals surface area contributed by atoms with E-state index in [4.69, 9.17) is 0 Å². The van der Waals surface area contributed by atoms with E-state index in [1.165, 1.54) is 0 Å². The minimum Gasteiger partial charge on any atom is -0.299 e. The molecule has 0 bridgehead atoms. The van der Waals surface area contributed by atoms with Gasteiger partial charge in [-0.1, -0.05) is 6.42 Å². The number of sulfonamides is 1. The minimum absolute atomic E-state index is 0.192. The van der Waals surface area contributed by atoms with E-state index in [1.807, 2.05) is 0 Å². The van der Waals surface area contributed by atoms with Gasteiger partial charge < -0.3 is 0 Å².